The van der Waals surface area contributed by atoms with Crippen LogP contribution in [0.4, 0.5) is 0 Å². The maximum atomic E-state index is 13.9. The van der Waals surface area contributed by atoms with Crippen molar-refractivity contribution in [3.05, 3.63) is 0 Å². The molecule has 356 valence electrons. The Morgan fingerprint density at radius 2 is 0.937 bits per heavy atom. The Hall–Kier alpha value is -6.69. The van der Waals surface area contributed by atoms with Gasteiger partial charge >= 0.3 is 0 Å². The number of hydrogen-bond donors (Lipinski definition) is 12. The predicted molar refractivity (Wildman–Crippen MR) is 239 cm³/mol. The lowest BCUT2D eigenvalue weighted by Gasteiger charge is -2.30. The van der Waals surface area contributed by atoms with Crippen molar-refractivity contribution in [3.8, 4) is 6.07 Å². The van der Waals surface area contributed by atoms with E-state index >= 15 is 0 Å². The van der Waals surface area contributed by atoms with Crippen LogP contribution in [0.15, 0.2) is 20.0 Å². The summed E-state index contributed by atoms with van der Waals surface area (Å²) in [7, 11) is 0. The molecule has 1 atom stereocenters. The van der Waals surface area contributed by atoms with Crippen LogP contribution in [0.5, 0.6) is 0 Å². The Labute approximate surface area is 368 Å². The molecule has 0 rings (SSSR count). The highest BCUT2D eigenvalue weighted by Crippen LogP contribution is 2.06. The third-order valence-electron chi connectivity index (χ3n) is 8.83. The van der Waals surface area contributed by atoms with Gasteiger partial charge in [0, 0.05) is 45.8 Å². The number of carbonyl (C=O) groups excluding carboxylic acids is 6. The minimum absolute atomic E-state index is 0.0448. The molecule has 0 unspecified atom stereocenters. The van der Waals surface area contributed by atoms with Crippen molar-refractivity contribution in [2.75, 3.05) is 98.2 Å². The Morgan fingerprint density at radius 1 is 0.524 bits per heavy atom. The molecule has 27 nitrogen and oxygen atoms in total. The normalized spacial score (nSPS) is 10.9. The molecule has 0 saturated heterocycles. The van der Waals surface area contributed by atoms with E-state index in [0.717, 1.165) is 35.5 Å². The highest BCUT2D eigenvalue weighted by atomic mass is 16.2. The number of hydrogen-bond acceptors (Lipinski definition) is 13. The topological polar surface area (TPSA) is 473 Å². The van der Waals surface area contributed by atoms with Crippen molar-refractivity contribution < 1.29 is 28.8 Å². The Morgan fingerprint density at radius 3 is 1.38 bits per heavy atom. The van der Waals surface area contributed by atoms with Gasteiger partial charge < -0.3 is 87.6 Å². The van der Waals surface area contributed by atoms with Crippen molar-refractivity contribution in [2.24, 2.45) is 77.3 Å². The van der Waals surface area contributed by atoms with E-state index in [2.05, 4.69) is 30.6 Å². The molecule has 0 fully saturated rings. The standard InChI is InChI=1S/C36H71N21O6/c37-10-3-1-2-4-12-48-21-28(59)55(18-7-15-51-35(44)45)23-30(61)56(19-8-16-52-36(46)47)24-31(62)57(20-11-38)25-29(60)54(17-6-14-50-34(42)43)22-27(58)53-26(32(39)63)9-5-13-49-33(40)41/h26,48H,1-10,12-25,37H2,(H2,39,63)(H,53,58)(H4,40,41,49)(H4,42,43,50)(H4,44,45,51)(H4,46,47,52)/t26-/m1/s1. The minimum Gasteiger partial charge on any atom is -0.370 e. The zero-order valence-electron chi connectivity index (χ0n) is 36.3. The Bertz CT molecular complexity index is 1580. The molecule has 0 bridgehead atoms. The van der Waals surface area contributed by atoms with Crippen LogP contribution in [-0.2, 0) is 28.8 Å². The maximum absolute atomic E-state index is 13.9. The summed E-state index contributed by atoms with van der Waals surface area (Å²) in [5.41, 5.74) is 54.4. The van der Waals surface area contributed by atoms with E-state index in [9.17, 15) is 34.0 Å². The minimum atomic E-state index is -1.12. The molecule has 0 aromatic heterocycles. The number of nitriles is 1. The van der Waals surface area contributed by atoms with Gasteiger partial charge in [0.15, 0.2) is 23.8 Å². The second-order valence-electron chi connectivity index (χ2n) is 14.2. The number of primary amides is 1. The molecular weight excluding hydrogens is 823 g/mol. The summed E-state index contributed by atoms with van der Waals surface area (Å²) in [6.45, 7) is -1.20. The van der Waals surface area contributed by atoms with Crippen molar-refractivity contribution in [1.82, 2.24) is 30.2 Å². The van der Waals surface area contributed by atoms with Gasteiger partial charge in [0.2, 0.25) is 35.4 Å². The van der Waals surface area contributed by atoms with E-state index in [1.54, 1.807) is 0 Å². The molecule has 63 heavy (non-hydrogen) atoms. The lowest BCUT2D eigenvalue weighted by atomic mass is 10.1. The van der Waals surface area contributed by atoms with Crippen LogP contribution in [0.1, 0.15) is 57.8 Å². The molecule has 0 aliphatic heterocycles. The number of nitrogens with two attached hydrogens (primary N) is 10. The third kappa shape index (κ3) is 29.2. The van der Waals surface area contributed by atoms with E-state index in [4.69, 9.17) is 57.3 Å². The SMILES string of the molecule is N#CCN(CC(=O)N(CCCN=C(N)N)CC(=O)N[C@H](CCCN=C(N)N)C(N)=O)C(=O)CN(CCCN=C(N)N)C(=O)CN(CCCN=C(N)N)C(=O)CNCCCCCCN. The Kier molecular flexibility index (Phi) is 30.4. The fourth-order valence-corrected chi connectivity index (χ4v) is 5.65. The van der Waals surface area contributed by atoms with Crippen molar-refractivity contribution >= 4 is 59.3 Å². The van der Waals surface area contributed by atoms with Gasteiger partial charge in [-0.15, -0.1) is 0 Å². The molecule has 0 radical (unpaired) electrons. The van der Waals surface area contributed by atoms with Gasteiger partial charge in [0.25, 0.3) is 0 Å². The molecule has 0 aromatic carbocycles. The van der Waals surface area contributed by atoms with Crippen molar-refractivity contribution in [3.63, 3.8) is 0 Å². The summed E-state index contributed by atoms with van der Waals surface area (Å²) in [5, 5.41) is 15.3. The fourth-order valence-electron chi connectivity index (χ4n) is 5.65. The number of nitrogens with one attached hydrogen (secondary N) is 2. The van der Waals surface area contributed by atoms with Gasteiger partial charge in [-0.2, -0.15) is 5.26 Å². The number of rotatable bonds is 35. The smallest absolute Gasteiger partial charge is 0.243 e. The van der Waals surface area contributed by atoms with Crippen LogP contribution in [0.25, 0.3) is 0 Å². The molecule has 0 heterocycles. The van der Waals surface area contributed by atoms with E-state index in [1.807, 2.05) is 6.07 Å². The highest BCUT2D eigenvalue weighted by Gasteiger charge is 2.28. The molecule has 0 saturated carbocycles. The van der Waals surface area contributed by atoms with E-state index < -0.39 is 68.3 Å². The molecule has 0 aliphatic rings. The second kappa shape index (κ2) is 34.0. The molecule has 0 aliphatic carbocycles. The summed E-state index contributed by atoms with van der Waals surface area (Å²) >= 11 is 0. The summed E-state index contributed by atoms with van der Waals surface area (Å²) in [4.78, 5) is 100. The van der Waals surface area contributed by atoms with E-state index in [1.165, 1.54) is 9.80 Å². The fraction of sp³-hybridized carbons (Fsp3) is 0.694. The van der Waals surface area contributed by atoms with Gasteiger partial charge in [-0.25, -0.2) is 0 Å². The van der Waals surface area contributed by atoms with Crippen LogP contribution in [0.2, 0.25) is 0 Å². The van der Waals surface area contributed by atoms with Crippen molar-refractivity contribution in [2.45, 2.75) is 63.8 Å². The van der Waals surface area contributed by atoms with Crippen LogP contribution in [0, 0.1) is 11.3 Å². The average Bonchev–Trinajstić information content (AvgIpc) is 3.20. The first kappa shape index (κ1) is 56.3. The zero-order chi connectivity index (χ0) is 47.6. The van der Waals surface area contributed by atoms with Gasteiger partial charge in [-0.1, -0.05) is 12.8 Å². The van der Waals surface area contributed by atoms with Crippen LogP contribution < -0.4 is 68.0 Å². The summed E-state index contributed by atoms with van der Waals surface area (Å²) in [6, 6.07) is 0.732. The first-order chi connectivity index (χ1) is 29.9. The quantitative estimate of drug-likeness (QED) is 0.0122. The van der Waals surface area contributed by atoms with Gasteiger partial charge in [-0.3, -0.25) is 48.7 Å². The van der Waals surface area contributed by atoms with Gasteiger partial charge in [-0.05, 0) is 58.0 Å². The highest BCUT2D eigenvalue weighted by molar-refractivity contribution is 5.92. The number of unbranched alkanes of at least 4 members (excludes halogenated alkanes) is 3. The number of carbonyl (C=O) groups is 6. The van der Waals surface area contributed by atoms with Crippen LogP contribution in [0.3, 0.4) is 0 Å². The zero-order valence-corrected chi connectivity index (χ0v) is 36.3. The number of aliphatic imine (C=N–C) groups is 4. The number of amides is 6. The largest absolute Gasteiger partial charge is 0.370 e. The van der Waals surface area contributed by atoms with Crippen LogP contribution in [-0.4, -0.2) is 183 Å². The molecule has 22 N–H and O–H groups in total. The monoisotopic (exact) mass is 894 g/mol. The second-order valence-corrected chi connectivity index (χ2v) is 14.2. The maximum Gasteiger partial charge on any atom is 0.243 e. The third-order valence-corrected chi connectivity index (χ3v) is 8.83. The molecule has 6 amide bonds. The van der Waals surface area contributed by atoms with E-state index in [-0.39, 0.29) is 101 Å². The van der Waals surface area contributed by atoms with Crippen molar-refractivity contribution in [1.29, 1.82) is 5.26 Å². The predicted octanol–water partition coefficient (Wildman–Crippen LogP) is -7.05. The van der Waals surface area contributed by atoms with Gasteiger partial charge in [0.1, 0.15) is 19.1 Å². The molecule has 0 spiro atoms. The molecule has 27 heteroatoms. The Balaban J connectivity index is 6.29. The number of nitrogens with zero attached hydrogens (tertiary/aromatic N) is 9. The lowest BCUT2D eigenvalue weighted by Crippen LogP contribution is -2.52. The molecular formula is C36H71N21O6. The first-order valence-corrected chi connectivity index (χ1v) is 20.6. The summed E-state index contributed by atoms with van der Waals surface area (Å²) in [5.74, 6) is -4.78. The molecule has 0 aromatic rings. The van der Waals surface area contributed by atoms with Crippen LogP contribution >= 0.6 is 0 Å². The lowest BCUT2D eigenvalue weighted by molar-refractivity contribution is -0.146. The first-order valence-electron chi connectivity index (χ1n) is 20.6. The summed E-state index contributed by atoms with van der Waals surface area (Å²) < 4.78 is 0. The number of guanidine groups is 4. The van der Waals surface area contributed by atoms with E-state index in [0.29, 0.717) is 25.9 Å². The average molecular weight is 894 g/mol. The summed E-state index contributed by atoms with van der Waals surface area (Å²) in [6.07, 6.45) is 4.74. The van der Waals surface area contributed by atoms with Gasteiger partial charge in [0.05, 0.1) is 32.2 Å².